The summed E-state index contributed by atoms with van der Waals surface area (Å²) in [5, 5.41) is 7.98. The van der Waals surface area contributed by atoms with E-state index in [9.17, 15) is 27.6 Å². The molecule has 4 aromatic heterocycles. The molecular weight excluding hydrogens is 635 g/mol. The van der Waals surface area contributed by atoms with Crippen LogP contribution < -0.4 is 5.32 Å². The Labute approximate surface area is 279 Å². The van der Waals surface area contributed by atoms with Crippen LogP contribution in [-0.2, 0) is 22.3 Å². The summed E-state index contributed by atoms with van der Waals surface area (Å²) < 4.78 is 43.6. The minimum absolute atomic E-state index is 0.119. The number of aryl methyl sites for hydroxylation is 2. The number of ketones is 1. The maximum Gasteiger partial charge on any atom is 0.433 e. The van der Waals surface area contributed by atoms with Gasteiger partial charge in [-0.3, -0.25) is 14.4 Å². The Morgan fingerprint density at radius 3 is 2.51 bits per heavy atom. The molecule has 2 saturated carbocycles. The molecule has 0 spiro atoms. The molecule has 3 atom stereocenters. The lowest BCUT2D eigenvalue weighted by Crippen LogP contribution is -2.46. The molecule has 1 unspecified atom stereocenters. The number of halogens is 3. The highest BCUT2D eigenvalue weighted by molar-refractivity contribution is 6.09. The second-order valence-corrected chi connectivity index (χ2v) is 14.1. The lowest BCUT2D eigenvalue weighted by molar-refractivity contribution is -0.141. The van der Waals surface area contributed by atoms with E-state index < -0.39 is 23.8 Å². The first kappa shape index (κ1) is 31.2. The molecule has 252 valence electrons. The molecule has 1 aromatic carbocycles. The van der Waals surface area contributed by atoms with Gasteiger partial charge in [-0.15, -0.1) is 0 Å². The van der Waals surface area contributed by atoms with Crippen molar-refractivity contribution in [2.75, 3.05) is 5.32 Å². The summed E-state index contributed by atoms with van der Waals surface area (Å²) in [5.74, 6) is -0.724. The normalized spacial score (nSPS) is 21.7. The second-order valence-electron chi connectivity index (χ2n) is 14.1. The molecule has 10 nitrogen and oxygen atoms in total. The van der Waals surface area contributed by atoms with E-state index in [4.69, 9.17) is 5.10 Å². The van der Waals surface area contributed by atoms with Crippen LogP contribution in [-0.4, -0.2) is 58.7 Å². The third kappa shape index (κ3) is 5.35. The molecule has 5 heterocycles. The number of fused-ring (bicyclic) bond motifs is 3. The zero-order valence-corrected chi connectivity index (χ0v) is 27.4. The minimum Gasteiger partial charge on any atom is -0.337 e. The van der Waals surface area contributed by atoms with Crippen LogP contribution in [0.15, 0.2) is 48.9 Å². The number of alkyl halides is 3. The van der Waals surface area contributed by atoms with Gasteiger partial charge in [0.05, 0.1) is 11.2 Å². The number of anilines is 1. The first-order valence-electron chi connectivity index (χ1n) is 16.4. The lowest BCUT2D eigenvalue weighted by atomic mass is 10.0. The molecular formula is C36H34F3N7O3. The van der Waals surface area contributed by atoms with E-state index in [-0.39, 0.29) is 35.5 Å². The third-order valence-corrected chi connectivity index (χ3v) is 10.4. The van der Waals surface area contributed by atoms with Crippen molar-refractivity contribution in [3.05, 3.63) is 77.0 Å². The fourth-order valence-corrected chi connectivity index (χ4v) is 7.45. The van der Waals surface area contributed by atoms with Crippen molar-refractivity contribution in [1.29, 1.82) is 0 Å². The van der Waals surface area contributed by atoms with Gasteiger partial charge in [0.25, 0.3) is 0 Å². The Balaban J connectivity index is 1.09. The van der Waals surface area contributed by atoms with Gasteiger partial charge in [0.15, 0.2) is 11.4 Å². The van der Waals surface area contributed by atoms with E-state index in [1.54, 1.807) is 33.3 Å². The predicted molar refractivity (Wildman–Crippen MR) is 175 cm³/mol. The monoisotopic (exact) mass is 669 g/mol. The summed E-state index contributed by atoms with van der Waals surface area (Å²) in [6, 6.07) is 7.03. The standard InChI is InChI=1S/C36H34F3N7O3/c1-18-5-8-28(36(37,38)39)41-33(18)42-34(49)27-12-35(4)13-29(35)46(27)31(48)17-44-16-25(20(3)47)24-10-22(9-19(2)32(24)44)23-14-40-30-11-26(21-6-7-21)43-45(30)15-23/h5,8-11,14-16,21,27,29H,6-7,12-13,17H2,1-4H3,(H,41,42,49)/t27-,29?,35-/m0/s1. The quantitative estimate of drug-likeness (QED) is 0.199. The number of hydrogen-bond acceptors (Lipinski definition) is 6. The largest absolute Gasteiger partial charge is 0.433 e. The van der Waals surface area contributed by atoms with Crippen LogP contribution in [0.5, 0.6) is 0 Å². The summed E-state index contributed by atoms with van der Waals surface area (Å²) in [6.07, 6.45) is 4.15. The Morgan fingerprint density at radius 1 is 1.02 bits per heavy atom. The maximum absolute atomic E-state index is 14.1. The number of benzene rings is 1. The number of aromatic nitrogens is 5. The number of amides is 2. The number of rotatable bonds is 7. The number of carbonyl (C=O) groups is 3. The summed E-state index contributed by atoms with van der Waals surface area (Å²) >= 11 is 0. The van der Waals surface area contributed by atoms with Gasteiger partial charge in [-0.1, -0.05) is 13.0 Å². The van der Waals surface area contributed by atoms with Crippen LogP contribution in [0, 0.1) is 19.3 Å². The van der Waals surface area contributed by atoms with E-state index in [1.165, 1.54) is 13.0 Å². The smallest absolute Gasteiger partial charge is 0.337 e. The lowest BCUT2D eigenvalue weighted by Gasteiger charge is -2.27. The van der Waals surface area contributed by atoms with Gasteiger partial charge in [-0.2, -0.15) is 18.3 Å². The van der Waals surface area contributed by atoms with E-state index >= 15 is 0 Å². The van der Waals surface area contributed by atoms with Crippen molar-refractivity contribution in [2.45, 2.75) is 84.1 Å². The molecule has 0 radical (unpaired) electrons. The van der Waals surface area contributed by atoms with Gasteiger partial charge < -0.3 is 14.8 Å². The number of nitrogens with zero attached hydrogens (tertiary/aromatic N) is 6. The van der Waals surface area contributed by atoms with E-state index in [2.05, 4.69) is 15.3 Å². The third-order valence-electron chi connectivity index (χ3n) is 10.4. The summed E-state index contributed by atoms with van der Waals surface area (Å²) in [5.41, 5.74) is 4.58. The number of piperidine rings is 1. The molecule has 3 aliphatic rings. The first-order valence-corrected chi connectivity index (χ1v) is 16.4. The molecule has 1 N–H and O–H groups in total. The Hall–Kier alpha value is -5.07. The molecule has 13 heteroatoms. The summed E-state index contributed by atoms with van der Waals surface area (Å²) in [4.78, 5) is 50.4. The van der Waals surface area contributed by atoms with Crippen LogP contribution in [0.4, 0.5) is 19.0 Å². The van der Waals surface area contributed by atoms with Crippen molar-refractivity contribution in [3.63, 3.8) is 0 Å². The van der Waals surface area contributed by atoms with Crippen LogP contribution in [0.1, 0.15) is 78.3 Å². The molecule has 8 rings (SSSR count). The fourth-order valence-electron chi connectivity index (χ4n) is 7.45. The van der Waals surface area contributed by atoms with Gasteiger partial charge >= 0.3 is 6.18 Å². The maximum atomic E-state index is 14.1. The number of carbonyl (C=O) groups excluding carboxylic acids is 3. The van der Waals surface area contributed by atoms with Crippen molar-refractivity contribution in [2.24, 2.45) is 5.41 Å². The number of nitrogens with one attached hydrogen (secondary N) is 1. The number of pyridine rings is 1. The van der Waals surface area contributed by atoms with Crippen molar-refractivity contribution < 1.29 is 27.6 Å². The highest BCUT2D eigenvalue weighted by atomic mass is 19.4. The van der Waals surface area contributed by atoms with Gasteiger partial charge in [0.2, 0.25) is 11.8 Å². The zero-order valence-electron chi connectivity index (χ0n) is 27.4. The Morgan fingerprint density at radius 2 is 1.80 bits per heavy atom. The highest BCUT2D eigenvalue weighted by Gasteiger charge is 2.64. The summed E-state index contributed by atoms with van der Waals surface area (Å²) in [7, 11) is 0. The fraction of sp³-hybridized carbons (Fsp3) is 0.389. The van der Waals surface area contributed by atoms with Gasteiger partial charge in [0.1, 0.15) is 24.1 Å². The molecule has 1 saturated heterocycles. The topological polar surface area (TPSA) is 114 Å². The van der Waals surface area contributed by atoms with Crippen molar-refractivity contribution in [3.8, 4) is 11.1 Å². The van der Waals surface area contributed by atoms with Gasteiger partial charge in [-0.25, -0.2) is 14.5 Å². The molecule has 0 bridgehead atoms. The molecule has 1 aliphatic heterocycles. The number of hydrogen-bond donors (Lipinski definition) is 1. The van der Waals surface area contributed by atoms with Gasteiger partial charge in [0, 0.05) is 53.1 Å². The molecule has 5 aromatic rings. The number of likely N-dealkylation sites (tertiary alicyclic amines) is 1. The van der Waals surface area contributed by atoms with E-state index in [0.29, 0.717) is 28.9 Å². The Bertz CT molecular complexity index is 2230. The molecule has 2 amide bonds. The van der Waals surface area contributed by atoms with Crippen LogP contribution in [0.3, 0.4) is 0 Å². The highest BCUT2D eigenvalue weighted by Crippen LogP contribution is 2.59. The second kappa shape index (κ2) is 10.7. The Kier molecular flexibility index (Phi) is 6.83. The first-order chi connectivity index (χ1) is 23.2. The zero-order chi connectivity index (χ0) is 34.6. The summed E-state index contributed by atoms with van der Waals surface area (Å²) in [6.45, 7) is 6.86. The number of Topliss-reactive ketones (excluding diaryl/α,β-unsaturated/α-hetero) is 1. The molecule has 49 heavy (non-hydrogen) atoms. The van der Waals surface area contributed by atoms with Crippen molar-refractivity contribution >= 4 is 40.0 Å². The molecule has 3 fully saturated rings. The van der Waals surface area contributed by atoms with Crippen LogP contribution in [0.2, 0.25) is 0 Å². The SMILES string of the molecule is CC(=O)c1cn(CC(=O)N2C3C[C@]3(C)C[C@H]2C(=O)Nc2nc(C(F)(F)F)ccc2C)c2c(C)cc(-c3cnc4cc(C5CC5)nn4c3)cc12. The van der Waals surface area contributed by atoms with Crippen molar-refractivity contribution in [1.82, 2.24) is 29.0 Å². The predicted octanol–water partition coefficient (Wildman–Crippen LogP) is 6.48. The molecule has 2 aliphatic carbocycles. The van der Waals surface area contributed by atoms with E-state index in [0.717, 1.165) is 58.9 Å². The van der Waals surface area contributed by atoms with Gasteiger partial charge in [-0.05, 0) is 86.8 Å². The average Bonchev–Trinajstić information content (AvgIpc) is 3.87. The van der Waals surface area contributed by atoms with E-state index in [1.807, 2.05) is 38.2 Å². The van der Waals surface area contributed by atoms with Crippen LogP contribution >= 0.6 is 0 Å². The minimum atomic E-state index is -4.67. The average molecular weight is 670 g/mol. The van der Waals surface area contributed by atoms with Crippen LogP contribution in [0.25, 0.3) is 27.7 Å².